The first-order valence-electron chi connectivity index (χ1n) is 8.21. The highest BCUT2D eigenvalue weighted by Gasteiger charge is 2.13. The average molecular weight is 329 g/mol. The molecule has 1 fully saturated rings. The number of aryl methyl sites for hydroxylation is 1. The lowest BCUT2D eigenvalue weighted by atomic mass is 9.98. The van der Waals surface area contributed by atoms with Gasteiger partial charge >= 0.3 is 0 Å². The van der Waals surface area contributed by atoms with Crippen LogP contribution in [0.3, 0.4) is 0 Å². The molecule has 23 heavy (non-hydrogen) atoms. The van der Waals surface area contributed by atoms with Gasteiger partial charge in [0, 0.05) is 5.38 Å². The Morgan fingerprint density at radius 3 is 2.74 bits per heavy atom. The van der Waals surface area contributed by atoms with E-state index >= 15 is 0 Å². The zero-order valence-corrected chi connectivity index (χ0v) is 14.3. The van der Waals surface area contributed by atoms with Crippen LogP contribution in [0.15, 0.2) is 34.7 Å². The molecular weight excluding hydrogens is 306 g/mol. The largest absolute Gasteiger partial charge is 0.374 e. The molecule has 122 valence electrons. The van der Waals surface area contributed by atoms with E-state index in [4.69, 9.17) is 4.74 Å². The van der Waals surface area contributed by atoms with Crippen LogP contribution in [0.4, 0.5) is 5.13 Å². The van der Waals surface area contributed by atoms with E-state index in [0.29, 0.717) is 12.7 Å². The minimum Gasteiger partial charge on any atom is -0.374 e. The van der Waals surface area contributed by atoms with Crippen LogP contribution in [-0.2, 0) is 11.3 Å². The third-order valence-corrected chi connectivity index (χ3v) is 4.88. The van der Waals surface area contributed by atoms with Crippen LogP contribution in [0.25, 0.3) is 0 Å². The Morgan fingerprint density at radius 2 is 2.04 bits per heavy atom. The van der Waals surface area contributed by atoms with E-state index in [1.54, 1.807) is 11.3 Å². The number of hydrazone groups is 1. The van der Waals surface area contributed by atoms with E-state index in [1.807, 2.05) is 18.5 Å². The number of nitrogens with zero attached hydrogens (tertiary/aromatic N) is 2. The van der Waals surface area contributed by atoms with Crippen molar-refractivity contribution in [1.82, 2.24) is 4.98 Å². The summed E-state index contributed by atoms with van der Waals surface area (Å²) < 4.78 is 6.00. The molecule has 0 atom stereocenters. The molecule has 5 heteroatoms. The molecule has 1 heterocycles. The molecule has 1 aromatic heterocycles. The van der Waals surface area contributed by atoms with Crippen LogP contribution < -0.4 is 5.43 Å². The summed E-state index contributed by atoms with van der Waals surface area (Å²) >= 11 is 1.55. The Kier molecular flexibility index (Phi) is 5.77. The van der Waals surface area contributed by atoms with Gasteiger partial charge in [-0.25, -0.2) is 4.98 Å². The van der Waals surface area contributed by atoms with Gasteiger partial charge in [-0.2, -0.15) is 5.10 Å². The summed E-state index contributed by atoms with van der Waals surface area (Å²) in [6.45, 7) is 2.68. The van der Waals surface area contributed by atoms with Crippen LogP contribution in [0, 0.1) is 6.92 Å². The van der Waals surface area contributed by atoms with Gasteiger partial charge in [0.15, 0.2) is 0 Å². The van der Waals surface area contributed by atoms with Crippen molar-refractivity contribution in [3.05, 3.63) is 46.5 Å². The van der Waals surface area contributed by atoms with E-state index in [0.717, 1.165) is 16.4 Å². The van der Waals surface area contributed by atoms with Crippen molar-refractivity contribution in [3.8, 4) is 0 Å². The number of rotatable bonds is 6. The summed E-state index contributed by atoms with van der Waals surface area (Å²) in [7, 11) is 0. The van der Waals surface area contributed by atoms with Crippen molar-refractivity contribution < 1.29 is 4.74 Å². The zero-order valence-electron chi connectivity index (χ0n) is 13.5. The molecule has 0 amide bonds. The Bertz CT molecular complexity index is 630. The van der Waals surface area contributed by atoms with E-state index in [2.05, 4.69) is 39.8 Å². The lowest BCUT2D eigenvalue weighted by Crippen LogP contribution is -2.16. The Balaban J connectivity index is 1.46. The molecule has 1 aliphatic rings. The number of aromatic nitrogens is 1. The molecule has 1 saturated carbocycles. The number of hydrogen-bond acceptors (Lipinski definition) is 5. The van der Waals surface area contributed by atoms with Crippen LogP contribution in [0.5, 0.6) is 0 Å². The number of nitrogens with one attached hydrogen (secondary N) is 1. The maximum Gasteiger partial charge on any atom is 0.203 e. The van der Waals surface area contributed by atoms with E-state index in [1.165, 1.54) is 37.7 Å². The smallest absolute Gasteiger partial charge is 0.203 e. The number of hydrogen-bond donors (Lipinski definition) is 1. The predicted molar refractivity (Wildman–Crippen MR) is 96.2 cm³/mol. The minimum absolute atomic E-state index is 0.455. The first-order valence-corrected chi connectivity index (χ1v) is 9.09. The van der Waals surface area contributed by atoms with Gasteiger partial charge < -0.3 is 4.74 Å². The summed E-state index contributed by atoms with van der Waals surface area (Å²) in [5.41, 5.74) is 6.24. The molecule has 0 unspecified atom stereocenters. The Morgan fingerprint density at radius 1 is 1.26 bits per heavy atom. The third-order valence-electron chi connectivity index (χ3n) is 4.01. The number of anilines is 1. The van der Waals surface area contributed by atoms with Gasteiger partial charge in [0.25, 0.3) is 0 Å². The highest BCUT2D eigenvalue weighted by atomic mass is 32.1. The van der Waals surface area contributed by atoms with Crippen molar-refractivity contribution in [1.29, 1.82) is 0 Å². The summed E-state index contributed by atoms with van der Waals surface area (Å²) in [5.74, 6) is 0. The minimum atomic E-state index is 0.455. The summed E-state index contributed by atoms with van der Waals surface area (Å²) in [6.07, 6.45) is 8.68. The van der Waals surface area contributed by atoms with E-state index in [-0.39, 0.29) is 0 Å². The number of thiazole rings is 1. The topological polar surface area (TPSA) is 46.5 Å². The van der Waals surface area contributed by atoms with Gasteiger partial charge in [-0.15, -0.1) is 11.3 Å². The SMILES string of the molecule is Cc1csc(NN=Cc2ccc(COC3CCCCC3)cc2)n1. The standard InChI is InChI=1S/C18H23N3OS/c1-14-13-23-18(20-14)21-19-11-15-7-9-16(10-8-15)12-22-17-5-3-2-4-6-17/h7-11,13,17H,2-6,12H2,1H3,(H,20,21). The second-order valence-corrected chi connectivity index (χ2v) is 6.83. The van der Waals surface area contributed by atoms with Gasteiger partial charge in [0.05, 0.1) is 24.6 Å². The first-order chi connectivity index (χ1) is 11.3. The molecule has 3 rings (SSSR count). The normalized spacial score (nSPS) is 16.0. The van der Waals surface area contributed by atoms with Gasteiger partial charge in [-0.1, -0.05) is 43.5 Å². The average Bonchev–Trinajstić information content (AvgIpc) is 3.00. The van der Waals surface area contributed by atoms with Gasteiger partial charge in [-0.05, 0) is 30.9 Å². The monoisotopic (exact) mass is 329 g/mol. The highest BCUT2D eigenvalue weighted by molar-refractivity contribution is 7.13. The third kappa shape index (κ3) is 5.15. The molecule has 1 aromatic carbocycles. The van der Waals surface area contributed by atoms with Gasteiger partial charge in [0.2, 0.25) is 5.13 Å². The van der Waals surface area contributed by atoms with Gasteiger partial charge in [-0.3, -0.25) is 5.43 Å². The molecule has 1 aliphatic carbocycles. The van der Waals surface area contributed by atoms with Crippen molar-refractivity contribution in [2.75, 3.05) is 5.43 Å². The molecule has 0 bridgehead atoms. The predicted octanol–water partition coefficient (Wildman–Crippen LogP) is 4.75. The van der Waals surface area contributed by atoms with Crippen molar-refractivity contribution >= 4 is 22.7 Å². The Hall–Kier alpha value is -1.72. The molecule has 0 aliphatic heterocycles. The fourth-order valence-electron chi connectivity index (χ4n) is 2.71. The first kappa shape index (κ1) is 16.1. The summed E-state index contributed by atoms with van der Waals surface area (Å²) in [4.78, 5) is 4.30. The molecular formula is C18H23N3OS. The zero-order chi connectivity index (χ0) is 15.9. The summed E-state index contributed by atoms with van der Waals surface area (Å²) in [6, 6.07) is 8.35. The fourth-order valence-corrected chi connectivity index (χ4v) is 3.35. The number of ether oxygens (including phenoxy) is 1. The van der Waals surface area contributed by atoms with Crippen LogP contribution in [0.1, 0.15) is 48.9 Å². The molecule has 2 aromatic rings. The van der Waals surface area contributed by atoms with Gasteiger partial charge in [0.1, 0.15) is 0 Å². The lowest BCUT2D eigenvalue weighted by Gasteiger charge is -2.22. The molecule has 0 saturated heterocycles. The number of benzene rings is 1. The van der Waals surface area contributed by atoms with Crippen molar-refractivity contribution in [3.63, 3.8) is 0 Å². The van der Waals surface area contributed by atoms with Crippen LogP contribution in [0.2, 0.25) is 0 Å². The van der Waals surface area contributed by atoms with Crippen molar-refractivity contribution in [2.24, 2.45) is 5.10 Å². The molecule has 0 radical (unpaired) electrons. The fraction of sp³-hybridized carbons (Fsp3) is 0.444. The summed E-state index contributed by atoms with van der Waals surface area (Å²) in [5, 5.41) is 7.03. The molecule has 4 nitrogen and oxygen atoms in total. The maximum atomic E-state index is 6.00. The Labute approximate surface area is 141 Å². The molecule has 0 spiro atoms. The second-order valence-electron chi connectivity index (χ2n) is 5.98. The quantitative estimate of drug-likeness (QED) is 0.614. The van der Waals surface area contributed by atoms with Crippen molar-refractivity contribution in [2.45, 2.75) is 51.7 Å². The second kappa shape index (κ2) is 8.22. The highest BCUT2D eigenvalue weighted by Crippen LogP contribution is 2.21. The maximum absolute atomic E-state index is 6.00. The van der Waals surface area contributed by atoms with E-state index < -0.39 is 0 Å². The van der Waals surface area contributed by atoms with Crippen LogP contribution >= 0.6 is 11.3 Å². The van der Waals surface area contributed by atoms with Crippen LogP contribution in [-0.4, -0.2) is 17.3 Å². The van der Waals surface area contributed by atoms with E-state index in [9.17, 15) is 0 Å². The molecule has 1 N–H and O–H groups in total. The lowest BCUT2D eigenvalue weighted by molar-refractivity contribution is 0.0169.